The lowest BCUT2D eigenvalue weighted by Crippen LogP contribution is -1.96. The van der Waals surface area contributed by atoms with Crippen LogP contribution >= 0.6 is 0 Å². The number of methoxy groups -OCH3 is 3. The van der Waals surface area contributed by atoms with Gasteiger partial charge in [0.2, 0.25) is 5.75 Å². The van der Waals surface area contributed by atoms with E-state index in [-0.39, 0.29) is 0 Å². The van der Waals surface area contributed by atoms with E-state index in [4.69, 9.17) is 19.5 Å². The number of nitrogens with zero attached hydrogens (tertiary/aromatic N) is 1. The molecule has 0 atom stereocenters. The van der Waals surface area contributed by atoms with E-state index in [9.17, 15) is 0 Å². The molecule has 3 aromatic rings. The van der Waals surface area contributed by atoms with Crippen molar-refractivity contribution in [2.75, 3.05) is 21.3 Å². The maximum Gasteiger partial charge on any atom is 0.203 e. The van der Waals surface area contributed by atoms with Crippen molar-refractivity contribution in [1.29, 1.82) is 5.26 Å². The van der Waals surface area contributed by atoms with Gasteiger partial charge < -0.3 is 14.2 Å². The molecule has 4 heteroatoms. The molecule has 4 nitrogen and oxygen atoms in total. The quantitative estimate of drug-likeness (QED) is 0.687. The summed E-state index contributed by atoms with van der Waals surface area (Å²) < 4.78 is 16.4. The highest BCUT2D eigenvalue weighted by Gasteiger charge is 2.17. The van der Waals surface area contributed by atoms with Gasteiger partial charge in [-0.2, -0.15) is 5.26 Å². The first kappa shape index (κ1) is 14.0. The van der Waals surface area contributed by atoms with Crippen LogP contribution in [-0.4, -0.2) is 21.3 Å². The summed E-state index contributed by atoms with van der Waals surface area (Å²) in [6, 6.07) is 13.7. The van der Waals surface area contributed by atoms with Gasteiger partial charge >= 0.3 is 0 Å². The van der Waals surface area contributed by atoms with Gasteiger partial charge in [0.05, 0.1) is 33.0 Å². The highest BCUT2D eigenvalue weighted by molar-refractivity contribution is 6.12. The number of benzene rings is 3. The van der Waals surface area contributed by atoms with E-state index >= 15 is 0 Å². The molecule has 3 rings (SSSR count). The van der Waals surface area contributed by atoms with E-state index < -0.39 is 0 Å². The van der Waals surface area contributed by atoms with E-state index in [1.807, 2.05) is 30.3 Å². The van der Waals surface area contributed by atoms with Crippen LogP contribution < -0.4 is 14.2 Å². The van der Waals surface area contributed by atoms with Gasteiger partial charge in [0.25, 0.3) is 0 Å². The van der Waals surface area contributed by atoms with Crippen LogP contribution in [0.4, 0.5) is 0 Å². The number of nitriles is 1. The molecule has 22 heavy (non-hydrogen) atoms. The van der Waals surface area contributed by atoms with E-state index in [0.29, 0.717) is 22.8 Å². The molecule has 3 aromatic carbocycles. The fraction of sp³-hybridized carbons (Fsp3) is 0.167. The largest absolute Gasteiger partial charge is 0.493 e. The van der Waals surface area contributed by atoms with Crippen molar-refractivity contribution in [3.05, 3.63) is 42.0 Å². The van der Waals surface area contributed by atoms with Crippen LogP contribution in [0.25, 0.3) is 21.5 Å². The lowest BCUT2D eigenvalue weighted by molar-refractivity contribution is 0.327. The molecule has 0 aliphatic heterocycles. The molecule has 0 fully saturated rings. The summed E-state index contributed by atoms with van der Waals surface area (Å²) in [7, 11) is 4.78. The molecule has 0 heterocycles. The third-order valence-electron chi connectivity index (χ3n) is 3.75. The van der Waals surface area contributed by atoms with Gasteiger partial charge in [-0.3, -0.25) is 0 Å². The van der Waals surface area contributed by atoms with Gasteiger partial charge in [-0.15, -0.1) is 0 Å². The Labute approximate surface area is 128 Å². The van der Waals surface area contributed by atoms with Crippen molar-refractivity contribution < 1.29 is 14.2 Å². The molecule has 0 unspecified atom stereocenters. The van der Waals surface area contributed by atoms with Gasteiger partial charge in [-0.05, 0) is 34.4 Å². The van der Waals surface area contributed by atoms with Crippen LogP contribution in [-0.2, 0) is 0 Å². The molecule has 0 radical (unpaired) electrons. The predicted molar refractivity (Wildman–Crippen MR) is 85.8 cm³/mol. The minimum absolute atomic E-state index is 0.548. The molecule has 0 aliphatic rings. The zero-order chi connectivity index (χ0) is 15.7. The lowest BCUT2D eigenvalue weighted by atomic mass is 9.98. The lowest BCUT2D eigenvalue weighted by Gasteiger charge is -2.16. The monoisotopic (exact) mass is 293 g/mol. The maximum atomic E-state index is 9.15. The Bertz CT molecular complexity index is 910. The summed E-state index contributed by atoms with van der Waals surface area (Å²) in [5.41, 5.74) is 0.608. The fourth-order valence-corrected chi connectivity index (χ4v) is 2.75. The number of rotatable bonds is 3. The molecular weight excluding hydrogens is 278 g/mol. The molecule has 0 aliphatic carbocycles. The van der Waals surface area contributed by atoms with Crippen LogP contribution in [0.1, 0.15) is 5.56 Å². The Morgan fingerprint density at radius 3 is 2.14 bits per heavy atom. The van der Waals surface area contributed by atoms with Gasteiger partial charge in [0.15, 0.2) is 11.5 Å². The van der Waals surface area contributed by atoms with Crippen LogP contribution in [0, 0.1) is 11.3 Å². The number of hydrogen-bond acceptors (Lipinski definition) is 4. The topological polar surface area (TPSA) is 51.5 Å². The molecule has 0 spiro atoms. The molecule has 0 saturated carbocycles. The second-order valence-corrected chi connectivity index (χ2v) is 4.86. The van der Waals surface area contributed by atoms with Crippen LogP contribution in [0.5, 0.6) is 17.2 Å². The van der Waals surface area contributed by atoms with Gasteiger partial charge in [-0.25, -0.2) is 0 Å². The summed E-state index contributed by atoms with van der Waals surface area (Å²) in [6.07, 6.45) is 0. The second kappa shape index (κ2) is 5.45. The second-order valence-electron chi connectivity index (χ2n) is 4.86. The Morgan fingerprint density at radius 1 is 0.818 bits per heavy atom. The smallest absolute Gasteiger partial charge is 0.203 e. The Hall–Kier alpha value is -2.93. The van der Waals surface area contributed by atoms with Gasteiger partial charge in [-0.1, -0.05) is 18.2 Å². The highest BCUT2D eigenvalue weighted by atomic mass is 16.5. The van der Waals surface area contributed by atoms with Gasteiger partial charge in [0, 0.05) is 5.39 Å². The van der Waals surface area contributed by atoms with E-state index in [1.54, 1.807) is 27.4 Å². The average Bonchev–Trinajstić information content (AvgIpc) is 2.58. The number of hydrogen-bond donors (Lipinski definition) is 0. The standard InChI is InChI=1S/C18H15NO3/c1-20-15-9-13-7-6-12-5-4-11(10-19)8-14(12)16(13)18(22-3)17(15)21-2/h4-9H,1-3H3. The molecule has 0 amide bonds. The average molecular weight is 293 g/mol. The fourth-order valence-electron chi connectivity index (χ4n) is 2.75. The highest BCUT2D eigenvalue weighted by Crippen LogP contribution is 2.45. The van der Waals surface area contributed by atoms with E-state index in [2.05, 4.69) is 6.07 Å². The van der Waals surface area contributed by atoms with Crippen molar-refractivity contribution in [1.82, 2.24) is 0 Å². The summed E-state index contributed by atoms with van der Waals surface area (Å²) >= 11 is 0. The minimum Gasteiger partial charge on any atom is -0.493 e. The van der Waals surface area contributed by atoms with Crippen molar-refractivity contribution in [2.24, 2.45) is 0 Å². The van der Waals surface area contributed by atoms with E-state index in [1.165, 1.54) is 0 Å². The summed E-state index contributed by atoms with van der Waals surface area (Å²) in [4.78, 5) is 0. The first-order valence-electron chi connectivity index (χ1n) is 6.79. The van der Waals surface area contributed by atoms with Gasteiger partial charge in [0.1, 0.15) is 0 Å². The molecule has 0 N–H and O–H groups in total. The number of fused-ring (bicyclic) bond motifs is 3. The van der Waals surface area contributed by atoms with Crippen molar-refractivity contribution >= 4 is 21.5 Å². The van der Waals surface area contributed by atoms with Crippen LogP contribution in [0.2, 0.25) is 0 Å². The third kappa shape index (κ3) is 1.99. The predicted octanol–water partition coefficient (Wildman–Crippen LogP) is 3.89. The molecular formula is C18H15NO3. The summed E-state index contributed by atoms with van der Waals surface area (Å²) in [5, 5.41) is 13.0. The summed E-state index contributed by atoms with van der Waals surface area (Å²) in [5.74, 6) is 1.77. The maximum absolute atomic E-state index is 9.15. The minimum atomic E-state index is 0.548. The first-order valence-corrected chi connectivity index (χ1v) is 6.79. The molecule has 0 aromatic heterocycles. The molecule has 0 saturated heterocycles. The Balaban J connectivity index is 2.53. The summed E-state index contributed by atoms with van der Waals surface area (Å²) in [6.45, 7) is 0. The zero-order valence-corrected chi connectivity index (χ0v) is 12.6. The van der Waals surface area contributed by atoms with Crippen LogP contribution in [0.3, 0.4) is 0 Å². The third-order valence-corrected chi connectivity index (χ3v) is 3.75. The Kier molecular flexibility index (Phi) is 3.48. The van der Waals surface area contributed by atoms with Crippen molar-refractivity contribution in [3.8, 4) is 23.3 Å². The SMILES string of the molecule is COc1cc2ccc3ccc(C#N)cc3c2c(OC)c1OC. The Morgan fingerprint density at radius 2 is 1.50 bits per heavy atom. The number of ether oxygens (including phenoxy) is 3. The molecule has 0 bridgehead atoms. The molecule has 110 valence electrons. The normalized spacial score (nSPS) is 10.5. The van der Waals surface area contributed by atoms with Crippen LogP contribution in [0.15, 0.2) is 36.4 Å². The van der Waals surface area contributed by atoms with Crippen molar-refractivity contribution in [2.45, 2.75) is 0 Å². The zero-order valence-electron chi connectivity index (χ0n) is 12.6. The van der Waals surface area contributed by atoms with E-state index in [0.717, 1.165) is 21.5 Å². The van der Waals surface area contributed by atoms with Crippen molar-refractivity contribution in [3.63, 3.8) is 0 Å². The first-order chi connectivity index (χ1) is 10.7.